The van der Waals surface area contributed by atoms with Crippen LogP contribution in [0, 0.1) is 5.92 Å². The molecule has 0 fully saturated rings. The summed E-state index contributed by atoms with van der Waals surface area (Å²) in [5, 5.41) is 6.31. The average molecular weight is 360 g/mol. The van der Waals surface area contributed by atoms with Crippen molar-refractivity contribution in [2.24, 2.45) is 5.92 Å². The first-order valence-corrected chi connectivity index (χ1v) is 8.60. The Kier molecular flexibility index (Phi) is 6.95. The number of hydrogen-bond donors (Lipinski definition) is 2. The Bertz CT molecular complexity index is 747. The molecule has 0 aliphatic carbocycles. The molecule has 0 atom stereocenters. The summed E-state index contributed by atoms with van der Waals surface area (Å²) in [7, 11) is 0. The summed E-state index contributed by atoms with van der Waals surface area (Å²) in [5.74, 6) is -0.161. The number of amides is 2. The third kappa shape index (κ3) is 6.19. The molecule has 0 radical (unpaired) electrons. The minimum Gasteiger partial charge on any atom is -0.352 e. The van der Waals surface area contributed by atoms with E-state index in [1.165, 1.54) is 12.3 Å². The van der Waals surface area contributed by atoms with Crippen molar-refractivity contribution in [2.45, 2.75) is 20.3 Å². The van der Waals surface area contributed by atoms with Gasteiger partial charge in [0, 0.05) is 29.9 Å². The molecule has 6 heteroatoms. The van der Waals surface area contributed by atoms with Gasteiger partial charge in [-0.2, -0.15) is 0 Å². The molecule has 0 saturated carbocycles. The first-order chi connectivity index (χ1) is 12.0. The lowest BCUT2D eigenvalue weighted by Gasteiger charge is -2.09. The van der Waals surface area contributed by atoms with Gasteiger partial charge in [0.1, 0.15) is 5.69 Å². The van der Waals surface area contributed by atoms with Gasteiger partial charge in [-0.25, -0.2) is 0 Å². The van der Waals surface area contributed by atoms with Crippen molar-refractivity contribution in [3.8, 4) is 0 Å². The molecule has 0 saturated heterocycles. The zero-order valence-corrected chi connectivity index (χ0v) is 15.1. The third-order valence-electron chi connectivity index (χ3n) is 3.51. The molecule has 5 nitrogen and oxygen atoms in total. The van der Waals surface area contributed by atoms with Gasteiger partial charge < -0.3 is 10.6 Å². The van der Waals surface area contributed by atoms with E-state index in [1.54, 1.807) is 6.07 Å². The minimum absolute atomic E-state index is 0.234. The molecular formula is C19H22ClN3O2. The van der Waals surface area contributed by atoms with Crippen LogP contribution in [0.4, 0.5) is 0 Å². The highest BCUT2D eigenvalue weighted by Crippen LogP contribution is 2.10. The standard InChI is InChI=1S/C19H22ClN3O2/c1-13(2)12-23-19(25)17-11-15(7-9-21-17)18(24)22-8-6-14-4-3-5-16(20)10-14/h3-5,7,9-11,13H,6,8,12H2,1-2H3,(H,22,24)(H,23,25). The zero-order valence-electron chi connectivity index (χ0n) is 14.4. The number of hydrogen-bond acceptors (Lipinski definition) is 3. The zero-order chi connectivity index (χ0) is 18.2. The molecule has 0 aliphatic heterocycles. The summed E-state index contributed by atoms with van der Waals surface area (Å²) in [6, 6.07) is 10.6. The van der Waals surface area contributed by atoms with E-state index < -0.39 is 0 Å². The largest absolute Gasteiger partial charge is 0.352 e. The maximum Gasteiger partial charge on any atom is 0.269 e. The van der Waals surface area contributed by atoms with Crippen LogP contribution in [-0.4, -0.2) is 29.9 Å². The highest BCUT2D eigenvalue weighted by molar-refractivity contribution is 6.30. The first kappa shape index (κ1) is 18.9. The van der Waals surface area contributed by atoms with Crippen molar-refractivity contribution in [1.29, 1.82) is 0 Å². The van der Waals surface area contributed by atoms with Crippen molar-refractivity contribution in [2.75, 3.05) is 13.1 Å². The summed E-state index contributed by atoms with van der Waals surface area (Å²) in [5.41, 5.74) is 1.70. The predicted octanol–water partition coefficient (Wildman–Crippen LogP) is 3.09. The van der Waals surface area contributed by atoms with Gasteiger partial charge in [0.25, 0.3) is 11.8 Å². The quantitative estimate of drug-likeness (QED) is 0.798. The Labute approximate surface area is 152 Å². The molecule has 2 N–H and O–H groups in total. The van der Waals surface area contributed by atoms with Crippen LogP contribution in [0.5, 0.6) is 0 Å². The van der Waals surface area contributed by atoms with Crippen LogP contribution in [0.2, 0.25) is 5.02 Å². The molecule has 1 heterocycles. The lowest BCUT2D eigenvalue weighted by molar-refractivity contribution is 0.0944. The van der Waals surface area contributed by atoms with E-state index in [9.17, 15) is 9.59 Å². The fourth-order valence-corrected chi connectivity index (χ4v) is 2.41. The smallest absolute Gasteiger partial charge is 0.269 e. The highest BCUT2D eigenvalue weighted by Gasteiger charge is 2.12. The number of aromatic nitrogens is 1. The molecule has 0 spiro atoms. The van der Waals surface area contributed by atoms with E-state index in [1.807, 2.05) is 38.1 Å². The Morgan fingerprint density at radius 3 is 2.64 bits per heavy atom. The van der Waals surface area contributed by atoms with Gasteiger partial charge in [0.05, 0.1) is 0 Å². The van der Waals surface area contributed by atoms with Gasteiger partial charge in [-0.1, -0.05) is 37.6 Å². The molecule has 25 heavy (non-hydrogen) atoms. The number of halogens is 1. The van der Waals surface area contributed by atoms with Crippen LogP contribution in [0.3, 0.4) is 0 Å². The Morgan fingerprint density at radius 2 is 1.92 bits per heavy atom. The van der Waals surface area contributed by atoms with Gasteiger partial charge in [-0.15, -0.1) is 0 Å². The van der Waals surface area contributed by atoms with Crippen molar-refractivity contribution in [3.05, 3.63) is 64.4 Å². The van der Waals surface area contributed by atoms with Crippen LogP contribution < -0.4 is 10.6 Å². The normalized spacial score (nSPS) is 10.6. The minimum atomic E-state index is -0.276. The van der Waals surface area contributed by atoms with Crippen LogP contribution in [0.15, 0.2) is 42.6 Å². The number of carbonyl (C=O) groups is 2. The summed E-state index contributed by atoms with van der Waals surface area (Å²) in [6.07, 6.45) is 2.15. The number of rotatable bonds is 7. The van der Waals surface area contributed by atoms with Crippen LogP contribution >= 0.6 is 11.6 Å². The molecule has 1 aromatic carbocycles. The van der Waals surface area contributed by atoms with E-state index >= 15 is 0 Å². The lowest BCUT2D eigenvalue weighted by atomic mass is 10.1. The Balaban J connectivity index is 1.91. The molecule has 2 aromatic rings. The van der Waals surface area contributed by atoms with Gasteiger partial charge >= 0.3 is 0 Å². The van der Waals surface area contributed by atoms with Crippen molar-refractivity contribution < 1.29 is 9.59 Å². The molecule has 2 amide bonds. The monoisotopic (exact) mass is 359 g/mol. The van der Waals surface area contributed by atoms with Crippen molar-refractivity contribution in [3.63, 3.8) is 0 Å². The predicted molar refractivity (Wildman–Crippen MR) is 98.9 cm³/mol. The van der Waals surface area contributed by atoms with E-state index in [-0.39, 0.29) is 17.5 Å². The summed E-state index contributed by atoms with van der Waals surface area (Å²) < 4.78 is 0. The summed E-state index contributed by atoms with van der Waals surface area (Å²) >= 11 is 5.94. The highest BCUT2D eigenvalue weighted by atomic mass is 35.5. The van der Waals surface area contributed by atoms with E-state index in [4.69, 9.17) is 11.6 Å². The number of pyridine rings is 1. The number of nitrogens with zero attached hydrogens (tertiary/aromatic N) is 1. The first-order valence-electron chi connectivity index (χ1n) is 8.22. The maximum absolute atomic E-state index is 12.2. The van der Waals surface area contributed by atoms with E-state index in [2.05, 4.69) is 15.6 Å². The average Bonchev–Trinajstić information content (AvgIpc) is 2.59. The fraction of sp³-hybridized carbons (Fsp3) is 0.316. The topological polar surface area (TPSA) is 71.1 Å². The molecule has 2 rings (SSSR count). The molecule has 132 valence electrons. The second-order valence-electron chi connectivity index (χ2n) is 6.17. The van der Waals surface area contributed by atoms with Crippen LogP contribution in [0.25, 0.3) is 0 Å². The number of carbonyl (C=O) groups excluding carboxylic acids is 2. The molecule has 0 aliphatic rings. The fourth-order valence-electron chi connectivity index (χ4n) is 2.20. The SMILES string of the molecule is CC(C)CNC(=O)c1cc(C(=O)NCCc2cccc(Cl)c2)ccn1. The second kappa shape index (κ2) is 9.18. The van der Waals surface area contributed by atoms with Gasteiger partial charge in [-0.3, -0.25) is 14.6 Å². The molecular weight excluding hydrogens is 338 g/mol. The van der Waals surface area contributed by atoms with Crippen LogP contribution in [-0.2, 0) is 6.42 Å². The van der Waals surface area contributed by atoms with Crippen molar-refractivity contribution in [1.82, 2.24) is 15.6 Å². The maximum atomic E-state index is 12.2. The number of nitrogens with one attached hydrogen (secondary N) is 2. The summed E-state index contributed by atoms with van der Waals surface area (Å²) in [4.78, 5) is 28.3. The van der Waals surface area contributed by atoms with Gasteiger partial charge in [0.2, 0.25) is 0 Å². The number of benzene rings is 1. The lowest BCUT2D eigenvalue weighted by Crippen LogP contribution is -2.29. The van der Waals surface area contributed by atoms with E-state index in [0.717, 1.165) is 5.56 Å². The van der Waals surface area contributed by atoms with Crippen molar-refractivity contribution >= 4 is 23.4 Å². The van der Waals surface area contributed by atoms with Gasteiger partial charge in [0.15, 0.2) is 0 Å². The summed E-state index contributed by atoms with van der Waals surface area (Å²) in [6.45, 7) is 5.07. The second-order valence-corrected chi connectivity index (χ2v) is 6.61. The third-order valence-corrected chi connectivity index (χ3v) is 3.75. The molecule has 0 unspecified atom stereocenters. The Morgan fingerprint density at radius 1 is 1.12 bits per heavy atom. The Hall–Kier alpha value is -2.40. The molecule has 0 bridgehead atoms. The van der Waals surface area contributed by atoms with E-state index in [0.29, 0.717) is 36.0 Å². The molecule has 1 aromatic heterocycles. The van der Waals surface area contributed by atoms with Crippen LogP contribution in [0.1, 0.15) is 40.3 Å². The van der Waals surface area contributed by atoms with Gasteiger partial charge in [-0.05, 0) is 42.2 Å².